The molecule has 1 aromatic heterocycles. The molecule has 1 nitrogen and oxygen atoms in total. The van der Waals surface area contributed by atoms with Crippen LogP contribution < -0.4 is 4.74 Å². The number of methoxy groups -OCH3 is 1. The van der Waals surface area contributed by atoms with Crippen molar-refractivity contribution in [2.45, 2.75) is 4.90 Å². The summed E-state index contributed by atoms with van der Waals surface area (Å²) in [7, 11) is 1.73. The van der Waals surface area contributed by atoms with Crippen LogP contribution in [0.15, 0.2) is 23.1 Å². The monoisotopic (exact) mass is 336 g/mol. The molecule has 0 atom stereocenters. The van der Waals surface area contributed by atoms with Gasteiger partial charge in [0.1, 0.15) is 0 Å². The Hall–Kier alpha value is 0.0600. The minimum absolute atomic E-state index is 1.02. The molecule has 0 radical (unpaired) electrons. The normalized spacial score (nSPS) is 10.8. The molecule has 4 heteroatoms. The molecular weight excluding hydrogens is 327 g/mol. The van der Waals surface area contributed by atoms with Crippen LogP contribution in [0.2, 0.25) is 0 Å². The van der Waals surface area contributed by atoms with Gasteiger partial charge in [0.05, 0.1) is 12.0 Å². The van der Waals surface area contributed by atoms with E-state index in [4.69, 9.17) is 4.74 Å². The van der Waals surface area contributed by atoms with Crippen molar-refractivity contribution in [3.63, 3.8) is 0 Å². The maximum Gasteiger partial charge on any atom is 0.188 e. The Bertz CT molecular complexity index is 464. The largest absolute Gasteiger partial charge is 0.486 e. The third-order valence-electron chi connectivity index (χ3n) is 1.97. The average molecular weight is 336 g/mol. The minimum atomic E-state index is 1.02. The summed E-state index contributed by atoms with van der Waals surface area (Å²) in [5, 5.41) is 2.33. The summed E-state index contributed by atoms with van der Waals surface area (Å²) in [6.45, 7) is 0. The van der Waals surface area contributed by atoms with Crippen molar-refractivity contribution in [3.8, 4) is 5.06 Å². The highest BCUT2D eigenvalue weighted by Crippen LogP contribution is 2.43. The zero-order chi connectivity index (χ0) is 10.1. The Morgan fingerprint density at radius 1 is 1.43 bits per heavy atom. The topological polar surface area (TPSA) is 9.23 Å². The molecule has 0 spiro atoms. The molecule has 0 amide bonds. The molecule has 0 aliphatic rings. The summed E-state index contributed by atoms with van der Waals surface area (Å²) in [6.07, 6.45) is 2.09. The second-order valence-electron chi connectivity index (χ2n) is 2.77. The van der Waals surface area contributed by atoms with Crippen molar-refractivity contribution < 1.29 is 4.74 Å². The number of halogens is 1. The lowest BCUT2D eigenvalue weighted by molar-refractivity contribution is 0.419. The van der Waals surface area contributed by atoms with Gasteiger partial charge in [0, 0.05) is 13.7 Å². The fourth-order valence-corrected chi connectivity index (χ4v) is 4.09. The zero-order valence-electron chi connectivity index (χ0n) is 7.83. The molecule has 0 aliphatic heterocycles. The molecule has 74 valence electrons. The first kappa shape index (κ1) is 10.6. The number of thiophene rings is 1. The van der Waals surface area contributed by atoms with E-state index in [1.807, 2.05) is 0 Å². The fraction of sp³-hybridized carbons (Fsp3) is 0.200. The molecule has 0 unspecified atom stereocenters. The van der Waals surface area contributed by atoms with Gasteiger partial charge in [-0.1, -0.05) is 17.4 Å². The first-order valence-corrected chi connectivity index (χ1v) is 7.18. The summed E-state index contributed by atoms with van der Waals surface area (Å²) in [4.78, 5) is 1.25. The quantitative estimate of drug-likeness (QED) is 0.599. The van der Waals surface area contributed by atoms with E-state index < -0.39 is 0 Å². The van der Waals surface area contributed by atoms with Gasteiger partial charge >= 0.3 is 0 Å². The molecule has 0 fully saturated rings. The lowest BCUT2D eigenvalue weighted by Gasteiger charge is -1.97. The summed E-state index contributed by atoms with van der Waals surface area (Å²) >= 11 is 5.79. The first-order chi connectivity index (χ1) is 6.76. The van der Waals surface area contributed by atoms with Crippen molar-refractivity contribution in [2.75, 3.05) is 13.4 Å². The van der Waals surface area contributed by atoms with Crippen LogP contribution in [0.4, 0.5) is 0 Å². The van der Waals surface area contributed by atoms with E-state index in [0.717, 1.165) is 5.06 Å². The number of fused-ring (bicyclic) bond motifs is 1. The van der Waals surface area contributed by atoms with Crippen LogP contribution in [-0.2, 0) is 0 Å². The van der Waals surface area contributed by atoms with Crippen molar-refractivity contribution >= 4 is 55.8 Å². The summed E-state index contributed by atoms with van der Waals surface area (Å²) in [6, 6.07) is 6.50. The molecular formula is C10H9IOS2. The number of ether oxygens (including phenoxy) is 1. The lowest BCUT2D eigenvalue weighted by atomic mass is 10.3. The van der Waals surface area contributed by atoms with E-state index in [1.54, 1.807) is 30.2 Å². The van der Waals surface area contributed by atoms with E-state index in [9.17, 15) is 0 Å². The van der Waals surface area contributed by atoms with E-state index in [0.29, 0.717) is 0 Å². The molecule has 2 aromatic rings. The molecule has 1 aromatic carbocycles. The van der Waals surface area contributed by atoms with Crippen LogP contribution >= 0.6 is 45.7 Å². The third-order valence-corrected chi connectivity index (χ3v) is 4.69. The van der Waals surface area contributed by atoms with Gasteiger partial charge in [-0.2, -0.15) is 0 Å². The second-order valence-corrected chi connectivity index (χ2v) is 5.84. The number of rotatable bonds is 2. The maximum absolute atomic E-state index is 5.36. The number of hydrogen-bond donors (Lipinski definition) is 0. The molecule has 2 rings (SSSR count). The molecule has 0 N–H and O–H groups in total. The predicted molar refractivity (Wildman–Crippen MR) is 72.9 cm³/mol. The molecule has 14 heavy (non-hydrogen) atoms. The summed E-state index contributed by atoms with van der Waals surface area (Å²) in [5.41, 5.74) is 0. The van der Waals surface area contributed by atoms with E-state index in [2.05, 4.69) is 47.0 Å². The van der Waals surface area contributed by atoms with Crippen LogP contribution in [0.25, 0.3) is 10.1 Å². The lowest BCUT2D eigenvalue weighted by Crippen LogP contribution is -1.78. The molecule has 0 aliphatic carbocycles. The first-order valence-electron chi connectivity index (χ1n) is 4.06. The Balaban J connectivity index is 2.73. The van der Waals surface area contributed by atoms with Gasteiger partial charge in [-0.3, -0.25) is 0 Å². The van der Waals surface area contributed by atoms with Crippen LogP contribution in [0.3, 0.4) is 0 Å². The standard InChI is InChI=1S/C10H9IOS2/c1-12-10-9(13-2)7-4-3-6(11)5-8(7)14-10/h3-5H,1-2H3. The molecule has 0 saturated heterocycles. The van der Waals surface area contributed by atoms with Gasteiger partial charge < -0.3 is 4.74 Å². The van der Waals surface area contributed by atoms with Gasteiger partial charge in [-0.05, 0) is 41.0 Å². The van der Waals surface area contributed by atoms with Gasteiger partial charge in [-0.15, -0.1) is 11.8 Å². The highest BCUT2D eigenvalue weighted by Gasteiger charge is 2.11. The number of benzene rings is 1. The SMILES string of the molecule is COc1sc2cc(I)ccc2c1SC. The highest BCUT2D eigenvalue weighted by atomic mass is 127. The number of thioether (sulfide) groups is 1. The fourth-order valence-electron chi connectivity index (χ4n) is 1.35. The third kappa shape index (κ3) is 1.75. The highest BCUT2D eigenvalue weighted by molar-refractivity contribution is 14.1. The van der Waals surface area contributed by atoms with Crippen LogP contribution in [0.1, 0.15) is 0 Å². The van der Waals surface area contributed by atoms with Crippen LogP contribution in [-0.4, -0.2) is 13.4 Å². The van der Waals surface area contributed by atoms with Gasteiger partial charge in [0.25, 0.3) is 0 Å². The second kappa shape index (κ2) is 4.28. The zero-order valence-corrected chi connectivity index (χ0v) is 11.6. The Labute approximate surface area is 105 Å². The predicted octanol–water partition coefficient (Wildman–Crippen LogP) is 4.24. The van der Waals surface area contributed by atoms with Crippen LogP contribution in [0.5, 0.6) is 5.06 Å². The Morgan fingerprint density at radius 2 is 2.21 bits per heavy atom. The van der Waals surface area contributed by atoms with E-state index >= 15 is 0 Å². The van der Waals surface area contributed by atoms with Crippen molar-refractivity contribution in [1.82, 2.24) is 0 Å². The van der Waals surface area contributed by atoms with Gasteiger partial charge in [0.15, 0.2) is 5.06 Å². The van der Waals surface area contributed by atoms with Gasteiger partial charge in [0.2, 0.25) is 0 Å². The van der Waals surface area contributed by atoms with E-state index in [1.165, 1.54) is 18.6 Å². The number of hydrogen-bond acceptors (Lipinski definition) is 3. The summed E-state index contributed by atoms with van der Waals surface area (Å²) < 4.78 is 7.93. The van der Waals surface area contributed by atoms with Crippen molar-refractivity contribution in [2.24, 2.45) is 0 Å². The average Bonchev–Trinajstić information content (AvgIpc) is 2.54. The Kier molecular flexibility index (Phi) is 3.23. The smallest absolute Gasteiger partial charge is 0.188 e. The molecule has 0 saturated carbocycles. The molecule has 0 bridgehead atoms. The van der Waals surface area contributed by atoms with Crippen molar-refractivity contribution in [1.29, 1.82) is 0 Å². The maximum atomic E-state index is 5.36. The van der Waals surface area contributed by atoms with E-state index in [-0.39, 0.29) is 0 Å². The molecule has 1 heterocycles. The van der Waals surface area contributed by atoms with Crippen LogP contribution in [0, 0.1) is 3.57 Å². The minimum Gasteiger partial charge on any atom is -0.486 e. The van der Waals surface area contributed by atoms with Gasteiger partial charge in [-0.25, -0.2) is 0 Å². The Morgan fingerprint density at radius 3 is 2.86 bits per heavy atom. The van der Waals surface area contributed by atoms with Crippen molar-refractivity contribution in [3.05, 3.63) is 21.8 Å². The summed E-state index contributed by atoms with van der Waals surface area (Å²) in [5.74, 6) is 0.